The number of fused-ring (bicyclic) bond motifs is 1. The van der Waals surface area contributed by atoms with Gasteiger partial charge in [0, 0.05) is 16.7 Å². The fourth-order valence-electron chi connectivity index (χ4n) is 3.84. The fourth-order valence-corrected chi connectivity index (χ4v) is 5.06. The van der Waals surface area contributed by atoms with Gasteiger partial charge in [0.05, 0.1) is 12.2 Å². The lowest BCUT2D eigenvalue weighted by Gasteiger charge is -2.33. The molecule has 7 heteroatoms. The van der Waals surface area contributed by atoms with E-state index in [0.717, 1.165) is 24.8 Å². The number of nitriles is 1. The van der Waals surface area contributed by atoms with E-state index in [0.29, 0.717) is 40.2 Å². The molecule has 0 fully saturated rings. The summed E-state index contributed by atoms with van der Waals surface area (Å²) in [6, 6.07) is 7.67. The maximum absolute atomic E-state index is 11.0. The van der Waals surface area contributed by atoms with Crippen molar-refractivity contribution >= 4 is 28.5 Å². The van der Waals surface area contributed by atoms with Crippen molar-refractivity contribution in [2.75, 3.05) is 13.2 Å². The van der Waals surface area contributed by atoms with Crippen LogP contribution in [0.1, 0.15) is 55.7 Å². The minimum Gasteiger partial charge on any atom is -0.490 e. The molecule has 1 N–H and O–H groups in total. The summed E-state index contributed by atoms with van der Waals surface area (Å²) in [6.07, 6.45) is 4.58. The van der Waals surface area contributed by atoms with E-state index < -0.39 is 12.6 Å². The van der Waals surface area contributed by atoms with Gasteiger partial charge in [-0.1, -0.05) is 26.8 Å². The molecule has 0 saturated carbocycles. The first-order valence-electron chi connectivity index (χ1n) is 10.4. The molecule has 0 bridgehead atoms. The van der Waals surface area contributed by atoms with Gasteiger partial charge in [0.25, 0.3) is 0 Å². The summed E-state index contributed by atoms with van der Waals surface area (Å²) in [5.74, 6) is 0.316. The van der Waals surface area contributed by atoms with Crippen molar-refractivity contribution < 1.29 is 19.4 Å². The van der Waals surface area contributed by atoms with Gasteiger partial charge in [-0.25, -0.2) is 9.79 Å². The summed E-state index contributed by atoms with van der Waals surface area (Å²) in [7, 11) is 0. The van der Waals surface area contributed by atoms with Crippen molar-refractivity contribution in [2.45, 2.75) is 47.0 Å². The quantitative estimate of drug-likeness (QED) is 0.583. The Morgan fingerprint density at radius 2 is 2.16 bits per heavy atom. The van der Waals surface area contributed by atoms with Gasteiger partial charge in [-0.05, 0) is 55.2 Å². The first kappa shape index (κ1) is 22.8. The molecule has 164 valence electrons. The largest absolute Gasteiger partial charge is 0.490 e. The lowest BCUT2D eigenvalue weighted by Crippen LogP contribution is -2.26. The number of carboxylic acids is 1. The fraction of sp³-hybridized carbons (Fsp3) is 0.458. The number of benzene rings is 1. The Balaban J connectivity index is 1.94. The summed E-state index contributed by atoms with van der Waals surface area (Å²) in [5, 5.41) is 19.5. The number of carboxylic acid groups (broad SMARTS) is 1. The maximum Gasteiger partial charge on any atom is 0.341 e. The second-order valence-corrected chi connectivity index (χ2v) is 9.73. The number of rotatable bonds is 7. The Labute approximate surface area is 187 Å². The number of carbonyl (C=O) groups is 1. The van der Waals surface area contributed by atoms with Crippen LogP contribution in [0.5, 0.6) is 11.5 Å². The molecule has 1 heterocycles. The van der Waals surface area contributed by atoms with Crippen LogP contribution in [0.3, 0.4) is 0 Å². The Bertz CT molecular complexity index is 1030. The lowest BCUT2D eigenvalue weighted by atomic mass is 9.72. The highest BCUT2D eigenvalue weighted by atomic mass is 32.1. The highest BCUT2D eigenvalue weighted by molar-refractivity contribution is 7.16. The maximum atomic E-state index is 11.0. The predicted molar refractivity (Wildman–Crippen MR) is 122 cm³/mol. The molecule has 6 nitrogen and oxygen atoms in total. The van der Waals surface area contributed by atoms with E-state index in [1.807, 2.05) is 6.92 Å². The highest BCUT2D eigenvalue weighted by Crippen LogP contribution is 2.45. The molecule has 1 aromatic heterocycles. The second-order valence-electron chi connectivity index (χ2n) is 8.65. The minimum absolute atomic E-state index is 0.230. The summed E-state index contributed by atoms with van der Waals surface area (Å²) in [5.41, 5.74) is 2.62. The first-order valence-corrected chi connectivity index (χ1v) is 11.2. The molecule has 0 spiro atoms. The van der Waals surface area contributed by atoms with Gasteiger partial charge >= 0.3 is 5.97 Å². The van der Waals surface area contributed by atoms with Crippen molar-refractivity contribution in [2.24, 2.45) is 16.3 Å². The summed E-state index contributed by atoms with van der Waals surface area (Å²) < 4.78 is 11.1. The molecular weight excluding hydrogens is 412 g/mol. The zero-order valence-corrected chi connectivity index (χ0v) is 19.2. The lowest BCUT2D eigenvalue weighted by molar-refractivity contribution is -0.139. The molecule has 3 rings (SSSR count). The second kappa shape index (κ2) is 9.52. The van der Waals surface area contributed by atoms with E-state index >= 15 is 0 Å². The number of aliphatic imine (C=N–C) groups is 1. The highest BCUT2D eigenvalue weighted by Gasteiger charge is 2.32. The van der Waals surface area contributed by atoms with Crippen molar-refractivity contribution in [1.82, 2.24) is 0 Å². The molecule has 0 saturated heterocycles. The van der Waals surface area contributed by atoms with Crippen molar-refractivity contribution in [3.05, 3.63) is 39.8 Å². The Morgan fingerprint density at radius 3 is 2.81 bits per heavy atom. The number of ether oxygens (including phenoxy) is 2. The standard InChI is InChI=1S/C24H28N2O4S/c1-5-29-19-8-6-7-15(22(19)30-14-21(27)28)13-26-23-18(12-25)17-10-9-16(24(2,3)4)11-20(17)31-23/h6-8,13,16H,5,9-11,14H2,1-4H3,(H,27,28)/t16-/m0/s1. The van der Waals surface area contributed by atoms with E-state index in [1.54, 1.807) is 35.8 Å². The van der Waals surface area contributed by atoms with E-state index in [9.17, 15) is 10.1 Å². The molecule has 0 unspecified atom stereocenters. The molecule has 0 amide bonds. The molecule has 1 atom stereocenters. The Hall–Kier alpha value is -2.85. The van der Waals surface area contributed by atoms with E-state index in [4.69, 9.17) is 14.6 Å². The molecule has 0 radical (unpaired) electrons. The van der Waals surface area contributed by atoms with E-state index in [2.05, 4.69) is 31.8 Å². The average Bonchev–Trinajstić information content (AvgIpc) is 3.07. The van der Waals surface area contributed by atoms with Crippen LogP contribution in [-0.2, 0) is 17.6 Å². The number of thiophene rings is 1. The molecule has 31 heavy (non-hydrogen) atoms. The van der Waals surface area contributed by atoms with Gasteiger partial charge in [-0.3, -0.25) is 0 Å². The number of para-hydroxylation sites is 1. The third-order valence-electron chi connectivity index (χ3n) is 5.55. The van der Waals surface area contributed by atoms with E-state index in [-0.39, 0.29) is 5.41 Å². The van der Waals surface area contributed by atoms with Gasteiger partial charge in [0.15, 0.2) is 18.1 Å². The molecule has 1 aliphatic rings. The van der Waals surface area contributed by atoms with Crippen LogP contribution in [0.2, 0.25) is 0 Å². The van der Waals surface area contributed by atoms with Gasteiger partial charge in [0.1, 0.15) is 11.1 Å². The number of hydrogen-bond donors (Lipinski definition) is 1. The van der Waals surface area contributed by atoms with Crippen LogP contribution in [0.4, 0.5) is 5.00 Å². The monoisotopic (exact) mass is 440 g/mol. The normalized spacial score (nSPS) is 16.0. The average molecular weight is 441 g/mol. The van der Waals surface area contributed by atoms with Crippen molar-refractivity contribution in [1.29, 1.82) is 5.26 Å². The SMILES string of the molecule is CCOc1cccc(C=Nc2sc3c(c2C#N)CC[C@H](C(C)(C)C)C3)c1OCC(=O)O. The van der Waals surface area contributed by atoms with Crippen LogP contribution in [0, 0.1) is 22.7 Å². The molecular formula is C24H28N2O4S. The van der Waals surface area contributed by atoms with Crippen molar-refractivity contribution in [3.8, 4) is 17.6 Å². The molecule has 0 aliphatic heterocycles. The van der Waals surface area contributed by atoms with Gasteiger partial charge in [-0.2, -0.15) is 5.26 Å². The third-order valence-corrected chi connectivity index (χ3v) is 6.72. The third kappa shape index (κ3) is 5.26. The van der Waals surface area contributed by atoms with Gasteiger partial charge in [-0.15, -0.1) is 11.3 Å². The predicted octanol–water partition coefficient (Wildman–Crippen LogP) is 5.38. The number of aliphatic carboxylic acids is 1. The number of nitrogens with zero attached hydrogens (tertiary/aromatic N) is 2. The summed E-state index contributed by atoms with van der Waals surface area (Å²) >= 11 is 1.58. The zero-order valence-electron chi connectivity index (χ0n) is 18.4. The summed E-state index contributed by atoms with van der Waals surface area (Å²) in [4.78, 5) is 16.9. The van der Waals surface area contributed by atoms with Gasteiger partial charge < -0.3 is 14.6 Å². The van der Waals surface area contributed by atoms with Gasteiger partial charge in [0.2, 0.25) is 0 Å². The van der Waals surface area contributed by atoms with Crippen LogP contribution in [0.25, 0.3) is 0 Å². The van der Waals surface area contributed by atoms with Crippen LogP contribution < -0.4 is 9.47 Å². The Morgan fingerprint density at radius 1 is 1.39 bits per heavy atom. The van der Waals surface area contributed by atoms with Crippen molar-refractivity contribution in [3.63, 3.8) is 0 Å². The van der Waals surface area contributed by atoms with Crippen LogP contribution in [0.15, 0.2) is 23.2 Å². The van der Waals surface area contributed by atoms with Crippen LogP contribution >= 0.6 is 11.3 Å². The molecule has 1 aromatic carbocycles. The molecule has 2 aromatic rings. The smallest absolute Gasteiger partial charge is 0.341 e. The zero-order chi connectivity index (χ0) is 22.6. The topological polar surface area (TPSA) is 91.9 Å². The van der Waals surface area contributed by atoms with E-state index in [1.165, 1.54) is 4.88 Å². The summed E-state index contributed by atoms with van der Waals surface area (Å²) in [6.45, 7) is 8.60. The minimum atomic E-state index is -1.07. The molecule has 1 aliphatic carbocycles. The first-order chi connectivity index (χ1) is 14.7. The Kier molecular flexibility index (Phi) is 7.01. The number of hydrogen-bond acceptors (Lipinski definition) is 6. The van der Waals surface area contributed by atoms with Crippen LogP contribution in [-0.4, -0.2) is 30.5 Å².